The molecule has 0 aliphatic carbocycles. The molecule has 4 aromatic rings. The van der Waals surface area contributed by atoms with Crippen molar-refractivity contribution < 1.29 is 78.1 Å². The van der Waals surface area contributed by atoms with Gasteiger partial charge in [0.25, 0.3) is 63.6 Å². The second kappa shape index (κ2) is 33.4. The molecule has 0 saturated carbocycles. The van der Waals surface area contributed by atoms with Crippen LogP contribution >= 0.6 is 0 Å². The van der Waals surface area contributed by atoms with Crippen LogP contribution in [0.2, 0.25) is 0 Å². The first-order valence-corrected chi connectivity index (χ1v) is 26.3. The Morgan fingerprint density at radius 3 is 1.19 bits per heavy atom. The third-order valence-electron chi connectivity index (χ3n) is 12.7. The zero-order valence-corrected chi connectivity index (χ0v) is 47.4. The molecule has 0 aliphatic heterocycles. The van der Waals surface area contributed by atoms with Crippen molar-refractivity contribution in [2.24, 2.45) is 0 Å². The Hall–Kier alpha value is -9.66. The van der Waals surface area contributed by atoms with Crippen LogP contribution in [0.15, 0.2) is 74.3 Å². The molecule has 4 rings (SSSR count). The summed E-state index contributed by atoms with van der Waals surface area (Å²) in [5.74, 6) is -7.35. The van der Waals surface area contributed by atoms with Gasteiger partial charge in [0.05, 0.1) is 38.0 Å². The lowest BCUT2D eigenvalue weighted by Crippen LogP contribution is -2.48. The lowest BCUT2D eigenvalue weighted by atomic mass is 10.0. The molecule has 7 amide bonds. The second-order valence-electron chi connectivity index (χ2n) is 18.4. The molecule has 1 atom stereocenters. The van der Waals surface area contributed by atoms with Crippen molar-refractivity contribution in [3.63, 3.8) is 0 Å². The maximum atomic E-state index is 14.5. The molecule has 0 bridgehead atoms. The van der Waals surface area contributed by atoms with Gasteiger partial charge in [-0.05, 0) is 81.1 Å². The van der Waals surface area contributed by atoms with Crippen molar-refractivity contribution in [2.75, 3.05) is 114 Å². The molecular weight excluding hydrogens is 1120 g/mol. The second-order valence-corrected chi connectivity index (χ2v) is 18.4. The number of Topliss-reactive ketones (excluding diaryl/α,β-unsaturated/α-hetero) is 1. The first-order valence-electron chi connectivity index (χ1n) is 26.3. The lowest BCUT2D eigenvalue weighted by molar-refractivity contribution is -0.121. The Balaban J connectivity index is 1.64. The Morgan fingerprint density at radius 1 is 0.447 bits per heavy atom. The van der Waals surface area contributed by atoms with Crippen LogP contribution in [0.25, 0.3) is 5.70 Å². The normalized spacial score (nSPS) is 11.2. The van der Waals surface area contributed by atoms with Gasteiger partial charge in [0.1, 0.15) is 39.5 Å². The summed E-state index contributed by atoms with van der Waals surface area (Å²) in [5, 5.41) is 58.4. The van der Waals surface area contributed by atoms with E-state index in [0.29, 0.717) is 0 Å². The van der Waals surface area contributed by atoms with E-state index in [1.165, 1.54) is 34.5 Å². The monoisotopic (exact) mass is 1190 g/mol. The van der Waals surface area contributed by atoms with E-state index in [1.807, 2.05) is 0 Å². The number of hydrogen-bond donors (Lipinski definition) is 10. The topological polar surface area (TPSA) is 421 Å². The highest BCUT2D eigenvalue weighted by atomic mass is 16.5. The number of ether oxygens (including phenoxy) is 4. The molecule has 462 valence electrons. The van der Waals surface area contributed by atoms with Crippen LogP contribution in [-0.2, 0) is 23.7 Å². The number of amides is 7. The SMILES string of the molecule is C=C(NCCOC)c1ccc(C(=O)NCCCN(C(=O)c2ccc(C(=O)NCCOC)c(=O)n2O)C(CCCN(CCCNC(=O)c2ccc(C(=O)NCCOC)c(=O)n2O)C(=O)c2ccc(C(=O)NCCOC)c(=O)n2O)C(C)=O)n(O)c1=O. The van der Waals surface area contributed by atoms with E-state index in [0.717, 1.165) is 59.2 Å². The van der Waals surface area contributed by atoms with Crippen LogP contribution in [0.4, 0.5) is 0 Å². The molecule has 0 radical (unpaired) electrons. The van der Waals surface area contributed by atoms with Crippen molar-refractivity contribution in [1.82, 2.24) is 60.6 Å². The third-order valence-corrected chi connectivity index (χ3v) is 12.7. The molecule has 85 heavy (non-hydrogen) atoms. The van der Waals surface area contributed by atoms with Crippen LogP contribution in [0.3, 0.4) is 0 Å². The predicted octanol–water partition coefficient (Wildman–Crippen LogP) is -2.42. The maximum absolute atomic E-state index is 14.5. The number of nitrogens with zero attached hydrogens (tertiary/aromatic N) is 6. The number of ketones is 1. The number of carbonyl (C=O) groups excluding carboxylic acids is 8. The molecular formula is C53H70N12O20. The third kappa shape index (κ3) is 18.2. The smallest absolute Gasteiger partial charge is 0.296 e. The number of carbonyl (C=O) groups is 8. The zero-order chi connectivity index (χ0) is 62.9. The molecule has 4 aromatic heterocycles. The highest BCUT2D eigenvalue weighted by Crippen LogP contribution is 2.17. The minimum atomic E-state index is -1.43. The standard InChI is InChI=1S/C53H70N12O20/c1-32(54-21-28-82-3)34-11-15-39(62(78)48(34)72)46(70)56-20-9-27-61(53(77)42-18-14-37(51(75)65(42)81)45(69)59-24-31-85-6)38(33(2)66)10-7-25-60(52(76)41-17-13-36(50(74)64(41)80)44(68)58-23-30-84-5)26-8-19-55-47(71)40-16-12-35(49(73)63(40)79)43(67)57-22-29-83-4/h11-18,38,54,78-81H,1,7-10,19-31H2,2-6H3,(H,55,71)(H,56,70)(H,57,67)(H,58,68)(H,59,69). The van der Waals surface area contributed by atoms with Crippen LogP contribution < -0.4 is 54.1 Å². The molecule has 0 aliphatic rings. The quantitative estimate of drug-likeness (QED) is 0.0169. The fourth-order valence-electron chi connectivity index (χ4n) is 8.19. The molecule has 0 aromatic carbocycles. The van der Waals surface area contributed by atoms with Crippen molar-refractivity contribution in [1.29, 1.82) is 0 Å². The highest BCUT2D eigenvalue weighted by Gasteiger charge is 2.32. The number of pyridine rings is 4. The van der Waals surface area contributed by atoms with Gasteiger partial charge in [0, 0.05) is 93.0 Å². The summed E-state index contributed by atoms with van der Waals surface area (Å²) in [6, 6.07) is 6.99. The fourth-order valence-corrected chi connectivity index (χ4v) is 8.19. The summed E-state index contributed by atoms with van der Waals surface area (Å²) in [6.07, 6.45) is -0.692. The van der Waals surface area contributed by atoms with Gasteiger partial charge < -0.3 is 81.5 Å². The lowest BCUT2D eigenvalue weighted by Gasteiger charge is -2.31. The average Bonchev–Trinajstić information content (AvgIpc) is 3.63. The first-order chi connectivity index (χ1) is 40.6. The Bertz CT molecular complexity index is 3330. The number of rotatable bonds is 35. The molecule has 32 heteroatoms. The van der Waals surface area contributed by atoms with Crippen LogP contribution in [0, 0.1) is 0 Å². The average molecular weight is 1200 g/mol. The Labute approximate surface area is 484 Å². The number of nitrogens with one attached hydrogen (secondary N) is 6. The summed E-state index contributed by atoms with van der Waals surface area (Å²) >= 11 is 0. The minimum absolute atomic E-state index is 0.00318. The van der Waals surface area contributed by atoms with Gasteiger partial charge in [-0.25, -0.2) is 0 Å². The van der Waals surface area contributed by atoms with Crippen LogP contribution in [-0.4, -0.2) is 216 Å². The molecule has 0 spiro atoms. The number of methoxy groups -OCH3 is 4. The van der Waals surface area contributed by atoms with Gasteiger partial charge in [-0.1, -0.05) is 6.58 Å². The predicted molar refractivity (Wildman–Crippen MR) is 298 cm³/mol. The summed E-state index contributed by atoms with van der Waals surface area (Å²) in [5.41, 5.74) is -8.64. The van der Waals surface area contributed by atoms with Crippen molar-refractivity contribution >= 4 is 52.8 Å². The number of hydrogen-bond acceptors (Lipinski definition) is 21. The van der Waals surface area contributed by atoms with Crippen molar-refractivity contribution in [3.05, 3.63) is 142 Å². The van der Waals surface area contributed by atoms with Crippen LogP contribution in [0.5, 0.6) is 0 Å². The van der Waals surface area contributed by atoms with Gasteiger partial charge in [-0.2, -0.15) is 0 Å². The molecule has 10 N–H and O–H groups in total. The molecule has 4 heterocycles. The molecule has 0 saturated heterocycles. The Kier molecular flexibility index (Phi) is 26.7. The minimum Gasteiger partial charge on any atom is -0.425 e. The van der Waals surface area contributed by atoms with Crippen LogP contribution in [0.1, 0.15) is 111 Å². The highest BCUT2D eigenvalue weighted by molar-refractivity contribution is 5.99. The molecule has 1 unspecified atom stereocenters. The van der Waals surface area contributed by atoms with E-state index in [2.05, 4.69) is 38.5 Å². The zero-order valence-electron chi connectivity index (χ0n) is 47.4. The fraction of sp³-hybridized carbons (Fsp3) is 0.434. The Morgan fingerprint density at radius 2 is 0.776 bits per heavy atom. The van der Waals surface area contributed by atoms with E-state index in [4.69, 9.17) is 18.9 Å². The first kappa shape index (κ1) is 67.8. The van der Waals surface area contributed by atoms with Gasteiger partial charge in [-0.3, -0.25) is 57.5 Å². The largest absolute Gasteiger partial charge is 0.425 e. The molecule has 32 nitrogen and oxygen atoms in total. The van der Waals surface area contributed by atoms with E-state index in [-0.39, 0.29) is 135 Å². The van der Waals surface area contributed by atoms with Crippen molar-refractivity contribution in [3.8, 4) is 0 Å². The maximum Gasteiger partial charge on any atom is 0.296 e. The van der Waals surface area contributed by atoms with E-state index >= 15 is 0 Å². The summed E-state index contributed by atoms with van der Waals surface area (Å²) in [4.78, 5) is 162. The van der Waals surface area contributed by atoms with Gasteiger partial charge >= 0.3 is 0 Å². The van der Waals surface area contributed by atoms with Gasteiger partial charge in [-0.15, -0.1) is 18.9 Å². The number of aromatic nitrogens is 4. The molecule has 0 fully saturated rings. The van der Waals surface area contributed by atoms with E-state index in [1.54, 1.807) is 0 Å². The summed E-state index contributed by atoms with van der Waals surface area (Å²) < 4.78 is 19.6. The van der Waals surface area contributed by atoms with E-state index in [9.17, 15) is 78.4 Å². The van der Waals surface area contributed by atoms with Gasteiger partial charge in [0.2, 0.25) is 0 Å². The van der Waals surface area contributed by atoms with Crippen molar-refractivity contribution in [2.45, 2.75) is 38.6 Å². The van der Waals surface area contributed by atoms with Gasteiger partial charge in [0.15, 0.2) is 5.78 Å². The summed E-state index contributed by atoms with van der Waals surface area (Å²) in [6.45, 7) is 4.26. The summed E-state index contributed by atoms with van der Waals surface area (Å²) in [7, 11) is 5.62. The van der Waals surface area contributed by atoms with E-state index < -0.39 is 121 Å².